The van der Waals surface area contributed by atoms with Gasteiger partial charge in [0.2, 0.25) is 11.8 Å². The number of thiophene rings is 1. The van der Waals surface area contributed by atoms with Crippen molar-refractivity contribution in [2.24, 2.45) is 13.0 Å². The van der Waals surface area contributed by atoms with Gasteiger partial charge in [-0.25, -0.2) is 0 Å². The van der Waals surface area contributed by atoms with Crippen LogP contribution in [-0.4, -0.2) is 51.8 Å². The first-order valence-corrected chi connectivity index (χ1v) is 10.2. The number of hydrogen-bond acceptors (Lipinski definition) is 5. The molecule has 0 unspecified atom stereocenters. The molecule has 0 saturated carbocycles. The molecule has 27 heavy (non-hydrogen) atoms. The van der Waals surface area contributed by atoms with Gasteiger partial charge in [0.15, 0.2) is 0 Å². The summed E-state index contributed by atoms with van der Waals surface area (Å²) in [6, 6.07) is 5.86. The van der Waals surface area contributed by atoms with Gasteiger partial charge in [-0.2, -0.15) is 5.10 Å². The highest BCUT2D eigenvalue weighted by Gasteiger charge is 2.43. The van der Waals surface area contributed by atoms with Crippen molar-refractivity contribution in [3.8, 4) is 0 Å². The first-order chi connectivity index (χ1) is 13.1. The number of rotatable bonds is 6. The number of likely N-dealkylation sites (tertiary alicyclic amines) is 1. The van der Waals surface area contributed by atoms with E-state index in [4.69, 9.17) is 4.74 Å². The molecular weight excluding hydrogens is 364 g/mol. The SMILES string of the molecule is Cn1ccc(CC(=O)N2C[C@@H]3C[C@@H](CC(=O)NCc4cccs4)O[C@@H]3C2)n1. The molecule has 2 saturated heterocycles. The van der Waals surface area contributed by atoms with Crippen LogP contribution in [0.2, 0.25) is 0 Å². The van der Waals surface area contributed by atoms with Crippen LogP contribution < -0.4 is 5.32 Å². The van der Waals surface area contributed by atoms with Crippen LogP contribution in [0, 0.1) is 5.92 Å². The van der Waals surface area contributed by atoms with Crippen molar-refractivity contribution in [2.75, 3.05) is 13.1 Å². The topological polar surface area (TPSA) is 76.5 Å². The van der Waals surface area contributed by atoms with Gasteiger partial charge in [-0.3, -0.25) is 14.3 Å². The predicted molar refractivity (Wildman–Crippen MR) is 101 cm³/mol. The molecular formula is C19H24N4O3S. The maximum atomic E-state index is 12.5. The summed E-state index contributed by atoms with van der Waals surface area (Å²) >= 11 is 1.64. The third-order valence-electron chi connectivity index (χ3n) is 5.22. The Balaban J connectivity index is 1.21. The quantitative estimate of drug-likeness (QED) is 0.810. The van der Waals surface area contributed by atoms with E-state index in [0.29, 0.717) is 38.4 Å². The average molecular weight is 388 g/mol. The third-order valence-corrected chi connectivity index (χ3v) is 6.10. The van der Waals surface area contributed by atoms with E-state index in [-0.39, 0.29) is 24.0 Å². The number of aryl methyl sites for hydroxylation is 1. The number of nitrogens with one attached hydrogen (secondary N) is 1. The molecule has 2 fully saturated rings. The van der Waals surface area contributed by atoms with Crippen LogP contribution in [0.25, 0.3) is 0 Å². The number of carbonyl (C=O) groups is 2. The van der Waals surface area contributed by atoms with Crippen molar-refractivity contribution in [3.05, 3.63) is 40.3 Å². The highest BCUT2D eigenvalue weighted by Crippen LogP contribution is 2.34. The molecule has 2 aromatic heterocycles. The highest BCUT2D eigenvalue weighted by atomic mass is 32.1. The standard InChI is InChI=1S/C19H24N4O3S/c1-22-5-4-14(21-22)8-19(25)23-11-13-7-15(26-17(13)12-23)9-18(24)20-10-16-3-2-6-27-16/h2-6,13,15,17H,7-12H2,1H3,(H,20,24)/t13-,15-,17+/m0/s1. The molecule has 2 aromatic rings. The van der Waals surface area contributed by atoms with Gasteiger partial charge in [-0.15, -0.1) is 11.3 Å². The van der Waals surface area contributed by atoms with E-state index in [9.17, 15) is 9.59 Å². The van der Waals surface area contributed by atoms with Crippen LogP contribution in [-0.2, 0) is 34.3 Å². The molecule has 3 atom stereocenters. The van der Waals surface area contributed by atoms with E-state index in [0.717, 1.165) is 17.0 Å². The fourth-order valence-electron chi connectivity index (χ4n) is 3.90. The van der Waals surface area contributed by atoms with E-state index >= 15 is 0 Å². The van der Waals surface area contributed by atoms with E-state index in [1.54, 1.807) is 16.0 Å². The summed E-state index contributed by atoms with van der Waals surface area (Å²) in [5.41, 5.74) is 0.792. The molecule has 4 rings (SSSR count). The van der Waals surface area contributed by atoms with Gasteiger partial charge in [0.05, 0.1) is 37.3 Å². The molecule has 4 heterocycles. The molecule has 144 valence electrons. The molecule has 0 aromatic carbocycles. The van der Waals surface area contributed by atoms with Crippen molar-refractivity contribution in [2.45, 2.75) is 38.0 Å². The molecule has 2 amide bonds. The maximum Gasteiger partial charge on any atom is 0.228 e. The van der Waals surface area contributed by atoms with Gasteiger partial charge in [0.1, 0.15) is 0 Å². The summed E-state index contributed by atoms with van der Waals surface area (Å²) in [6.07, 6.45) is 3.40. The minimum absolute atomic E-state index is 0.0245. The lowest BCUT2D eigenvalue weighted by molar-refractivity contribution is -0.131. The molecule has 0 radical (unpaired) electrons. The Bertz CT molecular complexity index is 790. The Morgan fingerprint density at radius 3 is 2.96 bits per heavy atom. The molecule has 1 N–H and O–H groups in total. The van der Waals surface area contributed by atoms with Crippen LogP contribution in [0.4, 0.5) is 0 Å². The summed E-state index contributed by atoms with van der Waals surface area (Å²) < 4.78 is 7.76. The predicted octanol–water partition coefficient (Wildman–Crippen LogP) is 1.35. The second-order valence-electron chi connectivity index (χ2n) is 7.31. The lowest BCUT2D eigenvalue weighted by atomic mass is 10.0. The van der Waals surface area contributed by atoms with Crippen molar-refractivity contribution in [1.82, 2.24) is 20.0 Å². The lowest BCUT2D eigenvalue weighted by Crippen LogP contribution is -2.33. The summed E-state index contributed by atoms with van der Waals surface area (Å²) in [7, 11) is 1.85. The van der Waals surface area contributed by atoms with Crippen molar-refractivity contribution >= 4 is 23.2 Å². The lowest BCUT2D eigenvalue weighted by Gasteiger charge is -2.19. The van der Waals surface area contributed by atoms with Crippen molar-refractivity contribution < 1.29 is 14.3 Å². The van der Waals surface area contributed by atoms with Crippen LogP contribution in [0.3, 0.4) is 0 Å². The van der Waals surface area contributed by atoms with Crippen molar-refractivity contribution in [3.63, 3.8) is 0 Å². The average Bonchev–Trinajstić information content (AvgIpc) is 3.37. The number of hydrogen-bond donors (Lipinski definition) is 1. The van der Waals surface area contributed by atoms with Gasteiger partial charge in [0.25, 0.3) is 0 Å². The second kappa shape index (κ2) is 7.82. The number of carbonyl (C=O) groups excluding carboxylic acids is 2. The summed E-state index contributed by atoms with van der Waals surface area (Å²) in [5, 5.41) is 9.22. The minimum atomic E-state index is -0.0450. The fraction of sp³-hybridized carbons (Fsp3) is 0.526. The van der Waals surface area contributed by atoms with Gasteiger partial charge in [-0.1, -0.05) is 6.07 Å². The Morgan fingerprint density at radius 2 is 2.26 bits per heavy atom. The third kappa shape index (κ3) is 4.39. The molecule has 7 nitrogen and oxygen atoms in total. The van der Waals surface area contributed by atoms with E-state index in [2.05, 4.69) is 10.4 Å². The van der Waals surface area contributed by atoms with Crippen LogP contribution in [0.5, 0.6) is 0 Å². The number of nitrogens with zero attached hydrogens (tertiary/aromatic N) is 3. The zero-order valence-corrected chi connectivity index (χ0v) is 16.2. The highest BCUT2D eigenvalue weighted by molar-refractivity contribution is 7.09. The van der Waals surface area contributed by atoms with Gasteiger partial charge in [-0.05, 0) is 23.9 Å². The smallest absolute Gasteiger partial charge is 0.228 e. The summed E-state index contributed by atoms with van der Waals surface area (Å²) in [4.78, 5) is 27.6. The Labute approximate surface area is 162 Å². The van der Waals surface area contributed by atoms with Crippen molar-refractivity contribution in [1.29, 1.82) is 0 Å². The largest absolute Gasteiger partial charge is 0.372 e. The Kier molecular flexibility index (Phi) is 5.27. The number of ether oxygens (including phenoxy) is 1. The van der Waals surface area contributed by atoms with E-state index in [1.165, 1.54) is 0 Å². The first kappa shape index (κ1) is 18.2. The molecule has 0 aliphatic carbocycles. The molecule has 0 spiro atoms. The zero-order chi connectivity index (χ0) is 18.8. The van der Waals surface area contributed by atoms with E-state index in [1.807, 2.05) is 41.7 Å². The first-order valence-electron chi connectivity index (χ1n) is 9.27. The molecule has 2 aliphatic heterocycles. The zero-order valence-electron chi connectivity index (χ0n) is 15.3. The van der Waals surface area contributed by atoms with E-state index < -0.39 is 0 Å². The minimum Gasteiger partial charge on any atom is -0.372 e. The maximum absolute atomic E-state index is 12.5. The van der Waals surface area contributed by atoms with Gasteiger partial charge < -0.3 is 15.0 Å². The number of amides is 2. The Hall–Kier alpha value is -2.19. The van der Waals surface area contributed by atoms with Crippen LogP contribution >= 0.6 is 11.3 Å². The number of fused-ring (bicyclic) bond motifs is 1. The molecule has 2 aliphatic rings. The monoisotopic (exact) mass is 388 g/mol. The van der Waals surface area contributed by atoms with Gasteiger partial charge >= 0.3 is 0 Å². The Morgan fingerprint density at radius 1 is 1.37 bits per heavy atom. The van der Waals surface area contributed by atoms with Crippen LogP contribution in [0.15, 0.2) is 29.8 Å². The summed E-state index contributed by atoms with van der Waals surface area (Å²) in [5.74, 6) is 0.446. The number of aromatic nitrogens is 2. The van der Waals surface area contributed by atoms with Gasteiger partial charge in [0, 0.05) is 37.1 Å². The fourth-order valence-corrected chi connectivity index (χ4v) is 4.54. The second-order valence-corrected chi connectivity index (χ2v) is 8.34. The molecule has 8 heteroatoms. The summed E-state index contributed by atoms with van der Waals surface area (Å²) in [6.45, 7) is 1.90. The molecule has 0 bridgehead atoms. The van der Waals surface area contributed by atoms with Crippen LogP contribution in [0.1, 0.15) is 23.4 Å². The normalized spacial score (nSPS) is 24.2.